The summed E-state index contributed by atoms with van der Waals surface area (Å²) in [4.78, 5) is 35.3. The average Bonchev–Trinajstić information content (AvgIpc) is 2.75. The van der Waals surface area contributed by atoms with Crippen molar-refractivity contribution >= 4 is 17.7 Å². The summed E-state index contributed by atoms with van der Waals surface area (Å²) in [6.07, 6.45) is 0.186. The van der Waals surface area contributed by atoms with E-state index in [1.54, 1.807) is 24.3 Å². The first-order chi connectivity index (χ1) is 14.4. The van der Waals surface area contributed by atoms with Crippen LogP contribution in [0.1, 0.15) is 15.9 Å². The van der Waals surface area contributed by atoms with Crippen LogP contribution in [0.25, 0.3) is 11.1 Å². The van der Waals surface area contributed by atoms with E-state index in [1.807, 2.05) is 0 Å². The lowest BCUT2D eigenvalue weighted by molar-refractivity contribution is -0.130. The summed E-state index contributed by atoms with van der Waals surface area (Å²) in [5.74, 6) is -2.37. The van der Waals surface area contributed by atoms with Gasteiger partial charge in [-0.1, -0.05) is 30.3 Å². The van der Waals surface area contributed by atoms with E-state index >= 15 is 0 Å². The summed E-state index contributed by atoms with van der Waals surface area (Å²) in [6, 6.07) is 9.54. The van der Waals surface area contributed by atoms with Gasteiger partial charge in [0, 0.05) is 30.8 Å². The molecule has 0 aromatic heterocycles. The zero-order valence-electron chi connectivity index (χ0n) is 16.2. The van der Waals surface area contributed by atoms with Crippen LogP contribution in [-0.2, 0) is 16.0 Å². The van der Waals surface area contributed by atoms with Crippen molar-refractivity contribution in [2.24, 2.45) is 11.5 Å². The minimum atomic E-state index is -1.15. The number of nitrogens with one attached hydrogen (secondary N) is 3. The molecule has 2 aromatic carbocycles. The number of hydrogen-bond donors (Lipinski definition) is 6. The fourth-order valence-corrected chi connectivity index (χ4v) is 2.70. The van der Waals surface area contributed by atoms with Crippen molar-refractivity contribution in [2.45, 2.75) is 12.5 Å². The molecule has 2 aromatic rings. The van der Waals surface area contributed by atoms with Gasteiger partial charge in [0.1, 0.15) is 11.9 Å². The highest BCUT2D eigenvalue weighted by Crippen LogP contribution is 2.24. The van der Waals surface area contributed by atoms with Crippen molar-refractivity contribution in [2.75, 3.05) is 19.6 Å². The van der Waals surface area contributed by atoms with E-state index in [2.05, 4.69) is 10.6 Å². The average molecular weight is 417 g/mol. The molecule has 160 valence electrons. The van der Waals surface area contributed by atoms with Crippen molar-refractivity contribution in [3.8, 4) is 11.1 Å². The lowest BCUT2D eigenvalue weighted by Crippen LogP contribution is -2.50. The Kier molecular flexibility index (Phi) is 8.41. The van der Waals surface area contributed by atoms with Gasteiger partial charge in [0.2, 0.25) is 5.91 Å². The number of hydroxylamine groups is 1. The Balaban J connectivity index is 2.10. The number of carbonyl (C=O) groups is 3. The van der Waals surface area contributed by atoms with E-state index in [-0.39, 0.29) is 30.0 Å². The molecule has 1 atom stereocenters. The van der Waals surface area contributed by atoms with E-state index < -0.39 is 23.7 Å². The Labute approximate surface area is 172 Å². The minimum absolute atomic E-state index is 0.00589. The first-order valence-electron chi connectivity index (χ1n) is 9.20. The highest BCUT2D eigenvalue weighted by molar-refractivity contribution is 5.97. The molecule has 0 aliphatic rings. The third-order valence-electron chi connectivity index (χ3n) is 4.30. The van der Waals surface area contributed by atoms with Crippen LogP contribution in [-0.4, -0.2) is 48.6 Å². The molecule has 0 aliphatic carbocycles. The van der Waals surface area contributed by atoms with Crippen LogP contribution in [0.15, 0.2) is 42.5 Å². The third-order valence-corrected chi connectivity index (χ3v) is 4.30. The first kappa shape index (κ1) is 22.9. The largest absolute Gasteiger partial charge is 0.355 e. The van der Waals surface area contributed by atoms with Crippen LogP contribution >= 0.6 is 0 Å². The van der Waals surface area contributed by atoms with Crippen molar-refractivity contribution in [3.05, 3.63) is 59.4 Å². The van der Waals surface area contributed by atoms with Gasteiger partial charge in [-0.3, -0.25) is 19.6 Å². The number of nitrogens with two attached hydrogens (primary N) is 2. The number of halogens is 1. The number of carbonyl (C=O) groups excluding carboxylic acids is 3. The zero-order chi connectivity index (χ0) is 22.1. The summed E-state index contributed by atoms with van der Waals surface area (Å²) in [7, 11) is 0. The molecule has 0 bridgehead atoms. The maximum absolute atomic E-state index is 14.6. The monoisotopic (exact) mass is 417 g/mol. The molecule has 10 heteroatoms. The Bertz CT molecular complexity index is 905. The first-order valence-corrected chi connectivity index (χ1v) is 9.20. The Morgan fingerprint density at radius 2 is 1.77 bits per heavy atom. The van der Waals surface area contributed by atoms with Gasteiger partial charge >= 0.3 is 0 Å². The molecular formula is C20H24FN5O4. The molecule has 8 N–H and O–H groups in total. The van der Waals surface area contributed by atoms with Gasteiger partial charge in [-0.25, -0.2) is 9.87 Å². The van der Waals surface area contributed by atoms with Crippen LogP contribution in [0, 0.1) is 5.82 Å². The third kappa shape index (κ3) is 6.08. The van der Waals surface area contributed by atoms with E-state index in [0.29, 0.717) is 18.7 Å². The molecule has 0 unspecified atom stereocenters. The molecular weight excluding hydrogens is 393 g/mol. The number of benzene rings is 2. The maximum Gasteiger partial charge on any atom is 0.267 e. The second-order valence-corrected chi connectivity index (χ2v) is 6.44. The standard InChI is InChI=1S/C20H24FN5O4/c21-16-10-14(19(28)25-17(11-23)20(29)26-30)5-6-15(16)13-3-1-12(2-4-13)9-18(27)24-8-7-22/h1-6,10,17,30H,7-9,11,22-23H2,(H,24,27)(H,25,28)(H,26,29)/t17-/m0/s1. The predicted octanol–water partition coefficient (Wildman–Crippen LogP) is -0.327. The molecule has 0 heterocycles. The normalized spacial score (nSPS) is 11.5. The van der Waals surface area contributed by atoms with Crippen molar-refractivity contribution in [3.63, 3.8) is 0 Å². The lowest BCUT2D eigenvalue weighted by Gasteiger charge is -2.15. The van der Waals surface area contributed by atoms with Gasteiger partial charge in [0.05, 0.1) is 6.42 Å². The Morgan fingerprint density at radius 3 is 2.33 bits per heavy atom. The summed E-state index contributed by atoms with van der Waals surface area (Å²) in [5, 5.41) is 13.6. The molecule has 2 rings (SSSR count). The summed E-state index contributed by atoms with van der Waals surface area (Å²) >= 11 is 0. The second-order valence-electron chi connectivity index (χ2n) is 6.44. The Morgan fingerprint density at radius 1 is 1.07 bits per heavy atom. The van der Waals surface area contributed by atoms with Crippen LogP contribution < -0.4 is 27.6 Å². The highest BCUT2D eigenvalue weighted by Gasteiger charge is 2.20. The van der Waals surface area contributed by atoms with E-state index in [4.69, 9.17) is 16.7 Å². The molecule has 0 aliphatic heterocycles. The van der Waals surface area contributed by atoms with E-state index in [9.17, 15) is 18.8 Å². The molecule has 0 fully saturated rings. The minimum Gasteiger partial charge on any atom is -0.355 e. The number of rotatable bonds is 9. The van der Waals surface area contributed by atoms with Crippen LogP contribution in [0.3, 0.4) is 0 Å². The van der Waals surface area contributed by atoms with Gasteiger partial charge in [-0.2, -0.15) is 0 Å². The summed E-state index contributed by atoms with van der Waals surface area (Å²) in [6.45, 7) is 0.521. The molecule has 0 spiro atoms. The summed E-state index contributed by atoms with van der Waals surface area (Å²) < 4.78 is 14.6. The Hall–Kier alpha value is -3.34. The van der Waals surface area contributed by atoms with Crippen molar-refractivity contribution in [1.29, 1.82) is 0 Å². The molecule has 0 saturated carbocycles. The quantitative estimate of drug-likeness (QED) is 0.242. The fraction of sp³-hybridized carbons (Fsp3) is 0.250. The van der Waals surface area contributed by atoms with E-state index in [0.717, 1.165) is 11.6 Å². The van der Waals surface area contributed by atoms with Gasteiger partial charge < -0.3 is 22.1 Å². The van der Waals surface area contributed by atoms with Crippen LogP contribution in [0.5, 0.6) is 0 Å². The van der Waals surface area contributed by atoms with E-state index in [1.165, 1.54) is 17.6 Å². The van der Waals surface area contributed by atoms with Gasteiger partial charge in [0.15, 0.2) is 0 Å². The molecule has 0 saturated heterocycles. The van der Waals surface area contributed by atoms with Crippen molar-refractivity contribution < 1.29 is 24.0 Å². The molecule has 9 nitrogen and oxygen atoms in total. The highest BCUT2D eigenvalue weighted by atomic mass is 19.1. The molecule has 3 amide bonds. The lowest BCUT2D eigenvalue weighted by atomic mass is 10.0. The summed E-state index contributed by atoms with van der Waals surface area (Å²) in [5.41, 5.74) is 13.7. The predicted molar refractivity (Wildman–Crippen MR) is 108 cm³/mol. The fourth-order valence-electron chi connectivity index (χ4n) is 2.70. The van der Waals surface area contributed by atoms with Crippen LogP contribution in [0.2, 0.25) is 0 Å². The SMILES string of the molecule is NCCNC(=O)Cc1ccc(-c2ccc(C(=O)N[C@@H](CN)C(=O)NO)cc2F)cc1. The maximum atomic E-state index is 14.6. The smallest absolute Gasteiger partial charge is 0.267 e. The van der Waals surface area contributed by atoms with Crippen LogP contribution in [0.4, 0.5) is 4.39 Å². The molecule has 30 heavy (non-hydrogen) atoms. The van der Waals surface area contributed by atoms with Gasteiger partial charge in [-0.15, -0.1) is 0 Å². The van der Waals surface area contributed by atoms with Gasteiger partial charge in [-0.05, 0) is 23.3 Å². The van der Waals surface area contributed by atoms with Gasteiger partial charge in [0.25, 0.3) is 11.8 Å². The molecule has 0 radical (unpaired) electrons. The second kappa shape index (κ2) is 11.0. The number of amides is 3. The number of hydrogen-bond acceptors (Lipinski definition) is 6. The topological polar surface area (TPSA) is 160 Å². The zero-order valence-corrected chi connectivity index (χ0v) is 16.2. The van der Waals surface area contributed by atoms with Crippen molar-refractivity contribution in [1.82, 2.24) is 16.1 Å².